The highest BCUT2D eigenvalue weighted by Crippen LogP contribution is 2.58. The summed E-state index contributed by atoms with van der Waals surface area (Å²) in [5.74, 6) is -5.24. The van der Waals surface area contributed by atoms with Crippen LogP contribution in [0.5, 0.6) is 11.6 Å². The summed E-state index contributed by atoms with van der Waals surface area (Å²) in [7, 11) is -2.69. The minimum atomic E-state index is -4.03. The van der Waals surface area contributed by atoms with Crippen LogP contribution in [-0.2, 0) is 33.9 Å². The number of nitrogens with one attached hydrogen (secondary N) is 1. The molecule has 0 bridgehead atoms. The van der Waals surface area contributed by atoms with E-state index in [1.54, 1.807) is 13.0 Å². The van der Waals surface area contributed by atoms with E-state index in [1.807, 2.05) is 26.0 Å². The number of rotatable bonds is 11. The van der Waals surface area contributed by atoms with Crippen molar-refractivity contribution in [2.75, 3.05) is 13.7 Å². The number of ketones is 1. The molecule has 1 aromatic carbocycles. The molecule has 0 unspecified atom stereocenters. The molecule has 1 aromatic heterocycles. The van der Waals surface area contributed by atoms with Gasteiger partial charge in [0.1, 0.15) is 6.10 Å². The number of sulfonamides is 1. The smallest absolute Gasteiger partial charge is 0.307 e. The van der Waals surface area contributed by atoms with Crippen LogP contribution in [0.1, 0.15) is 98.8 Å². The van der Waals surface area contributed by atoms with E-state index in [9.17, 15) is 40.8 Å². The second-order valence-electron chi connectivity index (χ2n) is 17.5. The molecule has 0 radical (unpaired) electrons. The first-order chi connectivity index (χ1) is 27.2. The lowest BCUT2D eigenvalue weighted by Crippen LogP contribution is -2.48. The molecule has 2 saturated carbocycles. The van der Waals surface area contributed by atoms with Crippen LogP contribution in [0.25, 0.3) is 10.8 Å². The SMILES string of the molecule is CC[C@@H]1C[C@@H](C)CC/C=C\[C@@H]2C[C@@]2(C(=O)NS(=O)(=O)C2(C)CC2)CC(=O)[C@@H]2C[C@@H](Oc3nccc4cc(OC)c(F)cc34)CN2C(=O)[C@H]1CC(=O)OC(C)(C)C(F)F. The minimum absolute atomic E-state index is 0.0131. The predicted octanol–water partition coefficient (Wildman–Crippen LogP) is 6.69. The Labute approximate surface area is 337 Å². The molecule has 318 valence electrons. The largest absolute Gasteiger partial charge is 0.494 e. The molecule has 4 aliphatic rings. The first-order valence-corrected chi connectivity index (χ1v) is 21.6. The number of Topliss-reactive ketones (excluding diaryl/α,β-unsaturated/α-hetero) is 1. The van der Waals surface area contributed by atoms with E-state index in [2.05, 4.69) is 9.71 Å². The number of amides is 2. The Bertz CT molecular complexity index is 2070. The molecule has 7 atom stereocenters. The first-order valence-electron chi connectivity index (χ1n) is 20.1. The number of alkyl halides is 2. The zero-order chi connectivity index (χ0) is 42.4. The summed E-state index contributed by atoms with van der Waals surface area (Å²) in [6, 6.07) is 3.18. The van der Waals surface area contributed by atoms with Crippen LogP contribution in [0.4, 0.5) is 13.2 Å². The van der Waals surface area contributed by atoms with Crippen LogP contribution in [0.3, 0.4) is 0 Å². The molecule has 16 heteroatoms. The van der Waals surface area contributed by atoms with Gasteiger partial charge in [-0.05, 0) is 101 Å². The lowest BCUT2D eigenvalue weighted by atomic mass is 9.79. The molecular weight excluding hydrogens is 780 g/mol. The van der Waals surface area contributed by atoms with Crippen molar-refractivity contribution in [3.05, 3.63) is 42.4 Å². The van der Waals surface area contributed by atoms with Crippen molar-refractivity contribution in [3.8, 4) is 11.6 Å². The van der Waals surface area contributed by atoms with Gasteiger partial charge >= 0.3 is 5.97 Å². The van der Waals surface area contributed by atoms with Gasteiger partial charge in [-0.2, -0.15) is 0 Å². The fourth-order valence-electron chi connectivity index (χ4n) is 8.46. The van der Waals surface area contributed by atoms with Gasteiger partial charge in [-0.3, -0.25) is 23.9 Å². The number of hydrogen-bond acceptors (Lipinski definition) is 10. The number of nitrogens with zero attached hydrogens (tertiary/aromatic N) is 2. The van der Waals surface area contributed by atoms with E-state index in [-0.39, 0.29) is 43.4 Å². The van der Waals surface area contributed by atoms with Gasteiger partial charge in [0.2, 0.25) is 27.7 Å². The van der Waals surface area contributed by atoms with E-state index < -0.39 is 97.9 Å². The number of allylic oxidation sites excluding steroid dienone is 2. The summed E-state index contributed by atoms with van der Waals surface area (Å²) in [6.45, 7) is 7.50. The molecule has 2 amide bonds. The second kappa shape index (κ2) is 16.4. The van der Waals surface area contributed by atoms with Crippen LogP contribution in [0, 0.1) is 34.9 Å². The van der Waals surface area contributed by atoms with Gasteiger partial charge in [0, 0.05) is 24.4 Å². The van der Waals surface area contributed by atoms with E-state index in [4.69, 9.17) is 14.2 Å². The fraction of sp³-hybridized carbons (Fsp3) is 0.643. The minimum Gasteiger partial charge on any atom is -0.494 e. The Morgan fingerprint density at radius 2 is 1.88 bits per heavy atom. The maximum Gasteiger partial charge on any atom is 0.307 e. The highest BCUT2D eigenvalue weighted by molar-refractivity contribution is 7.91. The maximum atomic E-state index is 15.0. The number of hydrogen-bond donors (Lipinski definition) is 1. The van der Waals surface area contributed by atoms with E-state index >= 15 is 0 Å². The fourth-order valence-corrected chi connectivity index (χ4v) is 9.79. The quantitative estimate of drug-likeness (QED) is 0.191. The summed E-state index contributed by atoms with van der Waals surface area (Å²) < 4.78 is 86.9. The molecule has 12 nitrogen and oxygen atoms in total. The Morgan fingerprint density at radius 1 is 1.16 bits per heavy atom. The Kier molecular flexibility index (Phi) is 12.3. The zero-order valence-corrected chi connectivity index (χ0v) is 34.7. The third-order valence-electron chi connectivity index (χ3n) is 12.7. The predicted molar refractivity (Wildman–Crippen MR) is 208 cm³/mol. The molecule has 2 aliphatic carbocycles. The van der Waals surface area contributed by atoms with Crippen molar-refractivity contribution < 1.29 is 55.0 Å². The molecule has 2 aromatic rings. The first kappa shape index (κ1) is 43.4. The average Bonchev–Trinajstić information content (AvgIpc) is 4.04. The molecule has 1 N–H and O–H groups in total. The number of methoxy groups -OCH3 is 1. The van der Waals surface area contributed by atoms with Crippen LogP contribution in [0.2, 0.25) is 0 Å². The molecule has 2 aliphatic heterocycles. The van der Waals surface area contributed by atoms with Crippen LogP contribution in [-0.4, -0.2) is 84.4 Å². The van der Waals surface area contributed by atoms with E-state index in [1.165, 1.54) is 30.3 Å². The molecule has 58 heavy (non-hydrogen) atoms. The summed E-state index contributed by atoms with van der Waals surface area (Å²) >= 11 is 0. The standard InChI is InChI=1S/C42H54F3N3O9S/c1-7-25-16-24(2)10-8-9-11-27-21-42(27,39(52)47-58(53,54)41(5)13-14-41)22-33(49)32-18-28(56-36-29-19-31(43)34(55-6)17-26(29)12-15-46-36)23-48(32)37(51)30(25)20-35(50)57-40(3,4)38(44)45/h9,11-12,15,17,19,24-25,27-28,30,32,38H,7-8,10,13-14,16,18,20-23H2,1-6H3,(H,47,52)/b11-9-/t24-,25+,27+,28+,30-,32-,42+/m0/s1. The number of fused-ring (bicyclic) bond motifs is 3. The molecule has 1 saturated heterocycles. The third kappa shape index (κ3) is 8.86. The van der Waals surface area contributed by atoms with E-state index in [0.717, 1.165) is 13.8 Å². The summed E-state index contributed by atoms with van der Waals surface area (Å²) in [6.07, 6.45) is 3.81. The molecule has 3 heterocycles. The van der Waals surface area contributed by atoms with Gasteiger partial charge in [-0.25, -0.2) is 26.6 Å². The number of aromatic nitrogens is 1. The van der Waals surface area contributed by atoms with Crippen molar-refractivity contribution in [1.29, 1.82) is 0 Å². The number of carbonyl (C=O) groups is 4. The highest BCUT2D eigenvalue weighted by Gasteiger charge is 2.63. The van der Waals surface area contributed by atoms with Gasteiger partial charge in [0.15, 0.2) is 23.0 Å². The Balaban J connectivity index is 1.37. The number of carbonyl (C=O) groups excluding carboxylic acids is 4. The highest BCUT2D eigenvalue weighted by atomic mass is 32.2. The molecule has 6 rings (SSSR count). The summed E-state index contributed by atoms with van der Waals surface area (Å²) in [5, 5.41) is 0.878. The summed E-state index contributed by atoms with van der Waals surface area (Å²) in [5.41, 5.74) is -3.49. The van der Waals surface area contributed by atoms with Crippen LogP contribution < -0.4 is 14.2 Å². The number of esters is 1. The maximum absolute atomic E-state index is 15.0. The third-order valence-corrected chi connectivity index (χ3v) is 14.9. The lowest BCUT2D eigenvalue weighted by Gasteiger charge is -2.34. The number of ether oxygens (including phenoxy) is 3. The Morgan fingerprint density at radius 3 is 2.53 bits per heavy atom. The monoisotopic (exact) mass is 833 g/mol. The summed E-state index contributed by atoms with van der Waals surface area (Å²) in [4.78, 5) is 62.7. The lowest BCUT2D eigenvalue weighted by molar-refractivity contribution is -0.174. The molecule has 0 spiro atoms. The van der Waals surface area contributed by atoms with Gasteiger partial charge in [-0.1, -0.05) is 32.4 Å². The van der Waals surface area contributed by atoms with Gasteiger partial charge in [0.25, 0.3) is 6.43 Å². The zero-order valence-electron chi connectivity index (χ0n) is 33.9. The normalized spacial score (nSPS) is 29.4. The van der Waals surface area contributed by atoms with Gasteiger partial charge < -0.3 is 19.1 Å². The van der Waals surface area contributed by atoms with E-state index in [0.29, 0.717) is 49.3 Å². The Hall–Kier alpha value is -4.21. The van der Waals surface area contributed by atoms with Crippen LogP contribution >= 0.6 is 0 Å². The van der Waals surface area contributed by atoms with Crippen molar-refractivity contribution in [1.82, 2.24) is 14.6 Å². The second-order valence-corrected chi connectivity index (χ2v) is 19.7. The van der Waals surface area contributed by atoms with Crippen molar-refractivity contribution >= 4 is 44.4 Å². The van der Waals surface area contributed by atoms with Crippen molar-refractivity contribution in [3.63, 3.8) is 0 Å². The van der Waals surface area contributed by atoms with Crippen LogP contribution in [0.15, 0.2) is 36.5 Å². The average molecular weight is 834 g/mol. The number of halogens is 3. The van der Waals surface area contributed by atoms with Gasteiger partial charge in [0.05, 0.1) is 42.2 Å². The number of benzene rings is 1. The number of pyridine rings is 1. The topological polar surface area (TPSA) is 158 Å². The molecule has 3 fully saturated rings. The molecular formula is C42H54F3N3O9S. The van der Waals surface area contributed by atoms with Crippen molar-refractivity contribution in [2.45, 2.75) is 128 Å². The van der Waals surface area contributed by atoms with Crippen molar-refractivity contribution in [2.24, 2.45) is 29.1 Å². The van der Waals surface area contributed by atoms with Gasteiger partial charge in [-0.15, -0.1) is 0 Å².